The Balaban J connectivity index is 0.000000902. The average molecular weight is 301 g/mol. The zero-order chi connectivity index (χ0) is 11.7. The van der Waals surface area contributed by atoms with Crippen molar-refractivity contribution in [1.29, 1.82) is 0 Å². The van der Waals surface area contributed by atoms with Crippen molar-refractivity contribution in [2.75, 3.05) is 6.54 Å². The number of benzene rings is 1. The topological polar surface area (TPSA) is 34.2 Å². The molecule has 2 aromatic rings. The number of hydrogen-bond acceptors (Lipinski definition) is 3. The van der Waals surface area contributed by atoms with Gasteiger partial charge in [-0.05, 0) is 17.9 Å². The smallest absolute Gasteiger partial charge is 0.133 e. The summed E-state index contributed by atoms with van der Waals surface area (Å²) in [6.07, 6.45) is 4.98. The molecule has 19 heavy (non-hydrogen) atoms. The van der Waals surface area contributed by atoms with Gasteiger partial charge in [-0.3, -0.25) is 4.98 Å². The molecule has 0 unspecified atom stereocenters. The molecular weight excluding hydrogens is 283 g/mol. The molecule has 1 aliphatic heterocycles. The summed E-state index contributed by atoms with van der Waals surface area (Å²) in [5.74, 6) is 1.01. The average Bonchev–Trinajstić information content (AvgIpc) is 2.60. The monoisotopic (exact) mass is 300 g/mol. The van der Waals surface area contributed by atoms with Gasteiger partial charge in [-0.1, -0.05) is 19.1 Å². The highest BCUT2D eigenvalue weighted by Gasteiger charge is 2.17. The SMILES string of the molecule is CC[C@@H]1CNCc2ccc3ccncc3c2O1.Cl.Cl. The van der Waals surface area contributed by atoms with Gasteiger partial charge in [-0.2, -0.15) is 0 Å². The van der Waals surface area contributed by atoms with E-state index in [2.05, 4.69) is 29.4 Å². The van der Waals surface area contributed by atoms with Crippen LogP contribution in [0.2, 0.25) is 0 Å². The molecule has 1 N–H and O–H groups in total. The second kappa shape index (κ2) is 6.94. The van der Waals surface area contributed by atoms with Gasteiger partial charge in [-0.15, -0.1) is 24.8 Å². The van der Waals surface area contributed by atoms with Crippen molar-refractivity contribution in [3.05, 3.63) is 36.2 Å². The van der Waals surface area contributed by atoms with Gasteiger partial charge in [0.15, 0.2) is 0 Å². The maximum Gasteiger partial charge on any atom is 0.133 e. The van der Waals surface area contributed by atoms with Crippen LogP contribution in [0.5, 0.6) is 5.75 Å². The molecule has 2 heterocycles. The van der Waals surface area contributed by atoms with Gasteiger partial charge in [-0.25, -0.2) is 0 Å². The van der Waals surface area contributed by atoms with E-state index in [9.17, 15) is 0 Å². The molecule has 1 aromatic carbocycles. The minimum Gasteiger partial charge on any atom is -0.488 e. The quantitative estimate of drug-likeness (QED) is 0.877. The Morgan fingerprint density at radius 2 is 2.16 bits per heavy atom. The van der Waals surface area contributed by atoms with Crippen LogP contribution in [0.25, 0.3) is 10.8 Å². The maximum absolute atomic E-state index is 6.12. The van der Waals surface area contributed by atoms with E-state index < -0.39 is 0 Å². The first-order chi connectivity index (χ1) is 8.38. The van der Waals surface area contributed by atoms with Crippen molar-refractivity contribution in [3.63, 3.8) is 0 Å². The Labute approximate surface area is 125 Å². The molecular formula is C14H18Cl2N2O. The molecule has 0 saturated carbocycles. The fraction of sp³-hybridized carbons (Fsp3) is 0.357. The Morgan fingerprint density at radius 1 is 1.32 bits per heavy atom. The van der Waals surface area contributed by atoms with E-state index in [0.29, 0.717) is 0 Å². The number of aromatic nitrogens is 1. The lowest BCUT2D eigenvalue weighted by Gasteiger charge is -2.16. The maximum atomic E-state index is 6.12. The number of hydrogen-bond donors (Lipinski definition) is 1. The van der Waals surface area contributed by atoms with Gasteiger partial charge in [0.1, 0.15) is 11.9 Å². The number of nitrogens with one attached hydrogen (secondary N) is 1. The lowest BCUT2D eigenvalue weighted by atomic mass is 10.1. The van der Waals surface area contributed by atoms with Crippen molar-refractivity contribution in [3.8, 4) is 5.75 Å². The Bertz CT molecular complexity index is 548. The van der Waals surface area contributed by atoms with E-state index in [4.69, 9.17) is 4.74 Å². The number of halogens is 2. The lowest BCUT2D eigenvalue weighted by Crippen LogP contribution is -2.27. The lowest BCUT2D eigenvalue weighted by molar-refractivity contribution is 0.204. The number of ether oxygens (including phenoxy) is 1. The first-order valence-electron chi connectivity index (χ1n) is 6.11. The van der Waals surface area contributed by atoms with Gasteiger partial charge in [0.25, 0.3) is 0 Å². The van der Waals surface area contributed by atoms with Crippen molar-refractivity contribution >= 4 is 35.6 Å². The fourth-order valence-corrected chi connectivity index (χ4v) is 2.26. The first kappa shape index (κ1) is 16.0. The predicted molar refractivity (Wildman–Crippen MR) is 82.7 cm³/mol. The minimum atomic E-state index is 0. The predicted octanol–water partition coefficient (Wildman–Crippen LogP) is 3.34. The van der Waals surface area contributed by atoms with Crippen LogP contribution >= 0.6 is 24.8 Å². The summed E-state index contributed by atoms with van der Waals surface area (Å²) < 4.78 is 6.12. The first-order valence-corrected chi connectivity index (χ1v) is 6.11. The Kier molecular flexibility index (Phi) is 5.85. The number of nitrogens with zero attached hydrogens (tertiary/aromatic N) is 1. The summed E-state index contributed by atoms with van der Waals surface area (Å²) >= 11 is 0. The molecule has 104 valence electrons. The summed E-state index contributed by atoms with van der Waals surface area (Å²) in [4.78, 5) is 4.20. The number of fused-ring (bicyclic) bond motifs is 3. The van der Waals surface area contributed by atoms with Gasteiger partial charge in [0.05, 0.1) is 0 Å². The van der Waals surface area contributed by atoms with E-state index in [-0.39, 0.29) is 30.9 Å². The molecule has 1 aliphatic rings. The summed E-state index contributed by atoms with van der Waals surface area (Å²) in [5.41, 5.74) is 1.22. The molecule has 0 saturated heterocycles. The molecule has 0 spiro atoms. The largest absolute Gasteiger partial charge is 0.488 e. The van der Waals surface area contributed by atoms with Crippen LogP contribution in [0.4, 0.5) is 0 Å². The van der Waals surface area contributed by atoms with Crippen LogP contribution in [-0.2, 0) is 6.54 Å². The summed E-state index contributed by atoms with van der Waals surface area (Å²) in [7, 11) is 0. The highest BCUT2D eigenvalue weighted by atomic mass is 35.5. The molecule has 5 heteroatoms. The molecule has 0 aliphatic carbocycles. The zero-order valence-corrected chi connectivity index (χ0v) is 12.4. The minimum absolute atomic E-state index is 0. The summed E-state index contributed by atoms with van der Waals surface area (Å²) in [5, 5.41) is 5.73. The molecule has 0 amide bonds. The number of rotatable bonds is 1. The fourth-order valence-electron chi connectivity index (χ4n) is 2.26. The normalized spacial score (nSPS) is 17.4. The van der Waals surface area contributed by atoms with E-state index >= 15 is 0 Å². The van der Waals surface area contributed by atoms with Gasteiger partial charge in [0.2, 0.25) is 0 Å². The number of pyridine rings is 1. The van der Waals surface area contributed by atoms with E-state index in [0.717, 1.165) is 30.6 Å². The standard InChI is InChI=1S/C14H16N2O.2ClH/c1-2-12-8-16-7-11-4-3-10-5-6-15-9-13(10)14(11)17-12;;/h3-6,9,12,16H,2,7-8H2,1H3;2*1H/t12-;;/m1../s1. The van der Waals surface area contributed by atoms with E-state index in [1.807, 2.05) is 18.5 Å². The second-order valence-electron chi connectivity index (χ2n) is 4.43. The van der Waals surface area contributed by atoms with Crippen molar-refractivity contribution in [2.45, 2.75) is 26.0 Å². The van der Waals surface area contributed by atoms with Crippen LogP contribution in [0, 0.1) is 0 Å². The van der Waals surface area contributed by atoms with Crippen LogP contribution in [0.3, 0.4) is 0 Å². The van der Waals surface area contributed by atoms with Crippen molar-refractivity contribution in [1.82, 2.24) is 10.3 Å². The van der Waals surface area contributed by atoms with Crippen molar-refractivity contribution in [2.24, 2.45) is 0 Å². The Hall–Kier alpha value is -1.03. The zero-order valence-electron chi connectivity index (χ0n) is 10.8. The molecule has 1 atom stereocenters. The third-order valence-corrected chi connectivity index (χ3v) is 3.28. The van der Waals surface area contributed by atoms with Gasteiger partial charge in [0, 0.05) is 36.4 Å². The molecule has 0 radical (unpaired) electrons. The third kappa shape index (κ3) is 3.11. The third-order valence-electron chi connectivity index (χ3n) is 3.28. The van der Waals surface area contributed by atoms with E-state index in [1.165, 1.54) is 10.9 Å². The highest BCUT2D eigenvalue weighted by Crippen LogP contribution is 2.31. The second-order valence-corrected chi connectivity index (χ2v) is 4.43. The molecule has 0 bridgehead atoms. The molecule has 1 aromatic heterocycles. The highest BCUT2D eigenvalue weighted by molar-refractivity contribution is 5.88. The van der Waals surface area contributed by atoms with Gasteiger partial charge >= 0.3 is 0 Å². The van der Waals surface area contributed by atoms with Crippen LogP contribution in [0.15, 0.2) is 30.6 Å². The van der Waals surface area contributed by atoms with Gasteiger partial charge < -0.3 is 10.1 Å². The molecule has 3 rings (SSSR count). The van der Waals surface area contributed by atoms with Crippen molar-refractivity contribution < 1.29 is 4.74 Å². The van der Waals surface area contributed by atoms with Crippen LogP contribution in [-0.4, -0.2) is 17.6 Å². The molecule has 0 fully saturated rings. The Morgan fingerprint density at radius 3 is 2.95 bits per heavy atom. The summed E-state index contributed by atoms with van der Waals surface area (Å²) in [6.45, 7) is 3.93. The summed E-state index contributed by atoms with van der Waals surface area (Å²) in [6, 6.07) is 6.30. The van der Waals surface area contributed by atoms with E-state index in [1.54, 1.807) is 0 Å². The van der Waals surface area contributed by atoms with Crippen LogP contribution in [0.1, 0.15) is 18.9 Å². The molecule has 3 nitrogen and oxygen atoms in total. The van der Waals surface area contributed by atoms with Crippen LogP contribution < -0.4 is 10.1 Å².